The van der Waals surface area contributed by atoms with E-state index in [1.165, 1.54) is 5.56 Å². The zero-order valence-electron chi connectivity index (χ0n) is 21.2. The minimum atomic E-state index is 0.0400. The molecule has 0 saturated carbocycles. The van der Waals surface area contributed by atoms with Crippen molar-refractivity contribution in [3.8, 4) is 17.2 Å². The highest BCUT2D eigenvalue weighted by Gasteiger charge is 2.42. The van der Waals surface area contributed by atoms with Crippen molar-refractivity contribution >= 4 is 11.8 Å². The number of benzene rings is 2. The fourth-order valence-electron chi connectivity index (χ4n) is 5.58. The van der Waals surface area contributed by atoms with Gasteiger partial charge in [-0.05, 0) is 73.8 Å². The summed E-state index contributed by atoms with van der Waals surface area (Å²) in [5.41, 5.74) is 2.36. The highest BCUT2D eigenvalue weighted by molar-refractivity contribution is 5.78. The molecule has 3 aliphatic rings. The number of fused-ring (bicyclic) bond motifs is 1. The van der Waals surface area contributed by atoms with Gasteiger partial charge in [0.1, 0.15) is 19.0 Å². The quantitative estimate of drug-likeness (QED) is 0.584. The van der Waals surface area contributed by atoms with E-state index in [1.54, 1.807) is 0 Å². The standard InChI is InChI=1S/C29H36N2O5/c1-22-5-2-3-7-24(22)36-20-28(33)30-14-11-29(12-15-30)13-16-31(21-29)27(32)8-4-6-23-9-10-25-26(19-23)35-18-17-34-25/h2-3,5,7,9-10,19H,4,6,8,11-18,20-21H2,1H3. The Morgan fingerprint density at radius 2 is 1.64 bits per heavy atom. The Kier molecular flexibility index (Phi) is 7.35. The van der Waals surface area contributed by atoms with Gasteiger partial charge in [-0.3, -0.25) is 9.59 Å². The van der Waals surface area contributed by atoms with Gasteiger partial charge in [-0.2, -0.15) is 0 Å². The average Bonchev–Trinajstić information content (AvgIpc) is 3.32. The van der Waals surface area contributed by atoms with E-state index in [1.807, 2.05) is 53.1 Å². The van der Waals surface area contributed by atoms with Crippen LogP contribution in [-0.2, 0) is 16.0 Å². The van der Waals surface area contributed by atoms with Gasteiger partial charge in [-0.1, -0.05) is 24.3 Å². The van der Waals surface area contributed by atoms with Gasteiger partial charge in [0.2, 0.25) is 5.91 Å². The molecule has 3 heterocycles. The van der Waals surface area contributed by atoms with Crippen LogP contribution in [0.1, 0.15) is 43.2 Å². The summed E-state index contributed by atoms with van der Waals surface area (Å²) in [6, 6.07) is 13.8. The first-order chi connectivity index (χ1) is 17.5. The van der Waals surface area contributed by atoms with Gasteiger partial charge in [0, 0.05) is 32.6 Å². The van der Waals surface area contributed by atoms with Gasteiger partial charge in [0.25, 0.3) is 5.91 Å². The number of hydrogen-bond donors (Lipinski definition) is 0. The molecule has 7 nitrogen and oxygen atoms in total. The number of piperidine rings is 1. The molecule has 2 amide bonds. The number of carbonyl (C=O) groups excluding carboxylic acids is 2. The third-order valence-corrected chi connectivity index (χ3v) is 7.88. The second-order valence-electron chi connectivity index (χ2n) is 10.3. The first-order valence-corrected chi connectivity index (χ1v) is 13.1. The largest absolute Gasteiger partial charge is 0.486 e. The summed E-state index contributed by atoms with van der Waals surface area (Å²) >= 11 is 0. The zero-order chi connectivity index (χ0) is 25.0. The number of ether oxygens (including phenoxy) is 3. The summed E-state index contributed by atoms with van der Waals surface area (Å²) in [6.45, 7) is 6.35. The molecule has 0 bridgehead atoms. The van der Waals surface area contributed by atoms with E-state index in [-0.39, 0.29) is 23.8 Å². The van der Waals surface area contributed by atoms with Crippen LogP contribution in [0, 0.1) is 12.3 Å². The van der Waals surface area contributed by atoms with E-state index in [0.717, 1.165) is 81.1 Å². The molecule has 0 radical (unpaired) electrons. The summed E-state index contributed by atoms with van der Waals surface area (Å²) in [7, 11) is 0. The predicted molar refractivity (Wildman–Crippen MR) is 136 cm³/mol. The molecule has 2 aromatic carbocycles. The lowest BCUT2D eigenvalue weighted by molar-refractivity contribution is -0.136. The van der Waals surface area contributed by atoms with Crippen molar-refractivity contribution in [2.75, 3.05) is 46.0 Å². The number of nitrogens with zero attached hydrogens (tertiary/aromatic N) is 2. The fourth-order valence-corrected chi connectivity index (χ4v) is 5.58. The molecule has 5 rings (SSSR count). The second kappa shape index (κ2) is 10.8. The Hall–Kier alpha value is -3.22. The molecule has 0 unspecified atom stereocenters. The van der Waals surface area contributed by atoms with Crippen molar-refractivity contribution in [1.82, 2.24) is 9.80 Å². The van der Waals surface area contributed by atoms with Crippen LogP contribution in [0.3, 0.4) is 0 Å². The van der Waals surface area contributed by atoms with E-state index in [9.17, 15) is 9.59 Å². The number of carbonyl (C=O) groups is 2. The lowest BCUT2D eigenvalue weighted by Crippen LogP contribution is -2.46. The Morgan fingerprint density at radius 3 is 2.42 bits per heavy atom. The van der Waals surface area contributed by atoms with E-state index in [0.29, 0.717) is 19.6 Å². The number of hydrogen-bond acceptors (Lipinski definition) is 5. The number of amides is 2. The Bertz CT molecular complexity index is 1090. The van der Waals surface area contributed by atoms with E-state index in [2.05, 4.69) is 6.07 Å². The lowest BCUT2D eigenvalue weighted by Gasteiger charge is -2.39. The van der Waals surface area contributed by atoms with Crippen molar-refractivity contribution in [2.24, 2.45) is 5.41 Å². The molecule has 0 atom stereocenters. The molecule has 2 aromatic rings. The molecule has 7 heteroatoms. The lowest BCUT2D eigenvalue weighted by atomic mass is 9.78. The number of para-hydroxylation sites is 1. The maximum Gasteiger partial charge on any atom is 0.260 e. The number of likely N-dealkylation sites (tertiary alicyclic amines) is 2. The zero-order valence-corrected chi connectivity index (χ0v) is 21.2. The van der Waals surface area contributed by atoms with Crippen molar-refractivity contribution in [3.05, 3.63) is 53.6 Å². The topological polar surface area (TPSA) is 68.3 Å². The molecule has 1 spiro atoms. The van der Waals surface area contributed by atoms with E-state index < -0.39 is 0 Å². The molecule has 0 aliphatic carbocycles. The molecule has 3 aliphatic heterocycles. The first-order valence-electron chi connectivity index (χ1n) is 13.1. The van der Waals surface area contributed by atoms with Crippen LogP contribution >= 0.6 is 0 Å². The Balaban J connectivity index is 1.04. The molecular weight excluding hydrogens is 456 g/mol. The SMILES string of the molecule is Cc1ccccc1OCC(=O)N1CCC2(CC1)CCN(C(=O)CCCc1ccc3c(c1)OCCO3)C2. The minimum Gasteiger partial charge on any atom is -0.486 e. The summed E-state index contributed by atoms with van der Waals surface area (Å²) in [5, 5.41) is 0. The minimum absolute atomic E-state index is 0.0400. The molecule has 2 fully saturated rings. The Morgan fingerprint density at radius 1 is 0.917 bits per heavy atom. The maximum atomic E-state index is 12.9. The maximum absolute atomic E-state index is 12.9. The summed E-state index contributed by atoms with van der Waals surface area (Å²) in [6.07, 6.45) is 5.16. The third-order valence-electron chi connectivity index (χ3n) is 7.88. The Labute approximate surface area is 213 Å². The van der Waals surface area contributed by atoms with Gasteiger partial charge in [-0.25, -0.2) is 0 Å². The number of rotatable bonds is 7. The van der Waals surface area contributed by atoms with Gasteiger partial charge in [-0.15, -0.1) is 0 Å². The third kappa shape index (κ3) is 5.61. The molecule has 0 N–H and O–H groups in total. The van der Waals surface area contributed by atoms with Crippen LogP contribution in [0.5, 0.6) is 17.2 Å². The first kappa shape index (κ1) is 24.5. The molecule has 192 valence electrons. The van der Waals surface area contributed by atoms with Crippen LogP contribution < -0.4 is 14.2 Å². The summed E-state index contributed by atoms with van der Waals surface area (Å²) in [4.78, 5) is 29.6. The van der Waals surface area contributed by atoms with Crippen LogP contribution in [-0.4, -0.2) is 67.6 Å². The molecule has 36 heavy (non-hydrogen) atoms. The summed E-state index contributed by atoms with van der Waals surface area (Å²) < 4.78 is 17.0. The monoisotopic (exact) mass is 492 g/mol. The van der Waals surface area contributed by atoms with Crippen molar-refractivity contribution < 1.29 is 23.8 Å². The van der Waals surface area contributed by atoms with Crippen LogP contribution in [0.15, 0.2) is 42.5 Å². The van der Waals surface area contributed by atoms with Crippen LogP contribution in [0.25, 0.3) is 0 Å². The van der Waals surface area contributed by atoms with E-state index in [4.69, 9.17) is 14.2 Å². The van der Waals surface area contributed by atoms with Crippen molar-refractivity contribution in [3.63, 3.8) is 0 Å². The predicted octanol–water partition coefficient (Wildman–Crippen LogP) is 4.01. The molecule has 0 aromatic heterocycles. The van der Waals surface area contributed by atoms with Gasteiger partial charge >= 0.3 is 0 Å². The normalized spacial score (nSPS) is 18.4. The fraction of sp³-hybridized carbons (Fsp3) is 0.517. The van der Waals surface area contributed by atoms with Crippen LogP contribution in [0.2, 0.25) is 0 Å². The van der Waals surface area contributed by atoms with Gasteiger partial charge in [0.15, 0.2) is 18.1 Å². The number of aryl methyl sites for hydroxylation is 2. The summed E-state index contributed by atoms with van der Waals surface area (Å²) in [5.74, 6) is 2.65. The van der Waals surface area contributed by atoms with Gasteiger partial charge < -0.3 is 24.0 Å². The second-order valence-corrected chi connectivity index (χ2v) is 10.3. The van der Waals surface area contributed by atoms with Crippen molar-refractivity contribution in [1.29, 1.82) is 0 Å². The highest BCUT2D eigenvalue weighted by atomic mass is 16.6. The van der Waals surface area contributed by atoms with Gasteiger partial charge in [0.05, 0.1) is 0 Å². The average molecular weight is 493 g/mol. The molecule has 2 saturated heterocycles. The molecular formula is C29H36N2O5. The highest BCUT2D eigenvalue weighted by Crippen LogP contribution is 2.40. The smallest absolute Gasteiger partial charge is 0.260 e. The van der Waals surface area contributed by atoms with Crippen LogP contribution in [0.4, 0.5) is 0 Å². The van der Waals surface area contributed by atoms with Crippen molar-refractivity contribution in [2.45, 2.75) is 45.4 Å². The van der Waals surface area contributed by atoms with E-state index >= 15 is 0 Å².